The van der Waals surface area contributed by atoms with E-state index in [2.05, 4.69) is 16.0 Å². The van der Waals surface area contributed by atoms with Crippen molar-refractivity contribution in [3.8, 4) is 11.5 Å². The lowest BCUT2D eigenvalue weighted by Crippen LogP contribution is -2.49. The number of urea groups is 1. The molecule has 1 aromatic carbocycles. The van der Waals surface area contributed by atoms with E-state index in [1.54, 1.807) is 19.1 Å². The Kier molecular flexibility index (Phi) is 5.89. The fraction of sp³-hybridized carbons (Fsp3) is 0.524. The number of benzene rings is 1. The summed E-state index contributed by atoms with van der Waals surface area (Å²) in [5.41, 5.74) is 1.70. The molecule has 0 unspecified atom stereocenters. The van der Waals surface area contributed by atoms with E-state index in [1.807, 2.05) is 6.07 Å². The number of hydrogen-bond acceptors (Lipinski definition) is 6. The number of carbonyl (C=O) groups is 2. The zero-order valence-electron chi connectivity index (χ0n) is 16.6. The molecule has 3 N–H and O–H groups in total. The molecule has 2 aliphatic heterocycles. The highest BCUT2D eigenvalue weighted by molar-refractivity contribution is 5.95. The lowest BCUT2D eigenvalue weighted by atomic mass is 9.93. The zero-order chi connectivity index (χ0) is 20.2. The van der Waals surface area contributed by atoms with Crippen LogP contribution in [0.2, 0.25) is 0 Å². The van der Waals surface area contributed by atoms with E-state index in [4.69, 9.17) is 14.2 Å². The maximum atomic E-state index is 12.8. The summed E-state index contributed by atoms with van der Waals surface area (Å²) >= 11 is 0. The molecule has 2 amide bonds. The maximum absolute atomic E-state index is 12.8. The fourth-order valence-electron chi connectivity index (χ4n) is 4.10. The van der Waals surface area contributed by atoms with Crippen molar-refractivity contribution in [3.63, 3.8) is 0 Å². The molecule has 1 aliphatic carbocycles. The van der Waals surface area contributed by atoms with E-state index in [0.717, 1.165) is 18.4 Å². The normalized spacial score (nSPS) is 21.6. The van der Waals surface area contributed by atoms with Crippen LogP contribution in [-0.4, -0.2) is 38.0 Å². The number of rotatable bonds is 6. The number of hydrogen-bond donors (Lipinski definition) is 3. The second kappa shape index (κ2) is 8.73. The van der Waals surface area contributed by atoms with Gasteiger partial charge in [0.05, 0.1) is 18.2 Å². The lowest BCUT2D eigenvalue weighted by Gasteiger charge is -2.31. The topological polar surface area (TPSA) is 97.9 Å². The first kappa shape index (κ1) is 19.6. The first-order valence-electron chi connectivity index (χ1n) is 10.3. The van der Waals surface area contributed by atoms with Crippen LogP contribution in [0.3, 0.4) is 0 Å². The Bertz CT molecular complexity index is 817. The van der Waals surface area contributed by atoms with Crippen molar-refractivity contribution in [2.24, 2.45) is 0 Å². The number of ether oxygens (including phenoxy) is 3. The van der Waals surface area contributed by atoms with Crippen LogP contribution in [0.25, 0.3) is 0 Å². The van der Waals surface area contributed by atoms with Gasteiger partial charge in [-0.25, -0.2) is 9.59 Å². The predicted octanol–water partition coefficient (Wildman–Crippen LogP) is 2.51. The van der Waals surface area contributed by atoms with E-state index < -0.39 is 12.0 Å². The van der Waals surface area contributed by atoms with Gasteiger partial charge < -0.3 is 30.2 Å². The molecule has 1 atom stereocenters. The molecule has 0 saturated heterocycles. The standard InChI is InChI=1S/C21H27N3O5/c1-2-27-20(25)18-15(11-22-14-6-4-3-5-7-14)23-21(26)24-19(18)13-8-9-16-17(10-13)29-12-28-16/h8-10,14,19,22H,2-7,11-12H2,1H3,(H2,23,24,26)/t19-/m0/s1. The van der Waals surface area contributed by atoms with Crippen molar-refractivity contribution in [3.05, 3.63) is 35.0 Å². The van der Waals surface area contributed by atoms with Crippen LogP contribution in [0, 0.1) is 0 Å². The lowest BCUT2D eigenvalue weighted by molar-refractivity contribution is -0.139. The van der Waals surface area contributed by atoms with Crippen LogP contribution in [0.5, 0.6) is 11.5 Å². The molecule has 0 radical (unpaired) electrons. The zero-order valence-corrected chi connectivity index (χ0v) is 16.6. The Morgan fingerprint density at radius 3 is 2.79 bits per heavy atom. The molecule has 29 heavy (non-hydrogen) atoms. The Morgan fingerprint density at radius 2 is 2.00 bits per heavy atom. The van der Waals surface area contributed by atoms with Crippen LogP contribution in [-0.2, 0) is 9.53 Å². The van der Waals surface area contributed by atoms with Gasteiger partial charge in [0, 0.05) is 18.3 Å². The molecule has 3 aliphatic rings. The number of esters is 1. The molecule has 0 spiro atoms. The summed E-state index contributed by atoms with van der Waals surface area (Å²) in [5.74, 6) is 0.804. The third kappa shape index (κ3) is 4.32. The first-order chi connectivity index (χ1) is 14.2. The van der Waals surface area contributed by atoms with Crippen LogP contribution in [0.15, 0.2) is 29.5 Å². The van der Waals surface area contributed by atoms with Crippen molar-refractivity contribution in [1.82, 2.24) is 16.0 Å². The summed E-state index contributed by atoms with van der Waals surface area (Å²) in [7, 11) is 0. The molecule has 156 valence electrons. The Morgan fingerprint density at radius 1 is 1.21 bits per heavy atom. The number of carbonyl (C=O) groups excluding carboxylic acids is 2. The highest BCUT2D eigenvalue weighted by Gasteiger charge is 2.34. The predicted molar refractivity (Wildman–Crippen MR) is 106 cm³/mol. The number of fused-ring (bicyclic) bond motifs is 1. The van der Waals surface area contributed by atoms with Gasteiger partial charge in [-0.15, -0.1) is 0 Å². The minimum Gasteiger partial charge on any atom is -0.463 e. The average molecular weight is 401 g/mol. The summed E-state index contributed by atoms with van der Waals surface area (Å²) in [6.45, 7) is 2.60. The van der Waals surface area contributed by atoms with Crippen molar-refractivity contribution >= 4 is 12.0 Å². The van der Waals surface area contributed by atoms with Crippen LogP contribution >= 0.6 is 0 Å². The summed E-state index contributed by atoms with van der Waals surface area (Å²) in [6.07, 6.45) is 5.89. The largest absolute Gasteiger partial charge is 0.463 e. The van der Waals surface area contributed by atoms with E-state index in [-0.39, 0.29) is 19.4 Å². The number of amides is 2. The van der Waals surface area contributed by atoms with Crippen molar-refractivity contribution in [2.45, 2.75) is 51.1 Å². The number of nitrogens with one attached hydrogen (secondary N) is 3. The highest BCUT2D eigenvalue weighted by atomic mass is 16.7. The Hall–Kier alpha value is -2.74. The maximum Gasteiger partial charge on any atom is 0.338 e. The Labute approximate surface area is 170 Å². The summed E-state index contributed by atoms with van der Waals surface area (Å²) in [4.78, 5) is 25.2. The van der Waals surface area contributed by atoms with Gasteiger partial charge in [0.2, 0.25) is 6.79 Å². The van der Waals surface area contributed by atoms with Crippen LogP contribution in [0.1, 0.15) is 50.6 Å². The molecule has 1 aromatic rings. The SMILES string of the molecule is CCOC(=O)C1=C(CNC2CCCCC2)NC(=O)N[C@H]1c1ccc2c(c1)OCO2. The van der Waals surface area contributed by atoms with Gasteiger partial charge in [-0.1, -0.05) is 25.3 Å². The van der Waals surface area contributed by atoms with E-state index in [1.165, 1.54) is 19.3 Å². The summed E-state index contributed by atoms with van der Waals surface area (Å²) in [6, 6.07) is 4.84. The molecule has 0 aromatic heterocycles. The minimum absolute atomic E-state index is 0.161. The highest BCUT2D eigenvalue weighted by Crippen LogP contribution is 2.37. The molecule has 8 heteroatoms. The monoisotopic (exact) mass is 401 g/mol. The molecule has 8 nitrogen and oxygen atoms in total. The smallest absolute Gasteiger partial charge is 0.338 e. The van der Waals surface area contributed by atoms with Gasteiger partial charge in [0.15, 0.2) is 11.5 Å². The summed E-state index contributed by atoms with van der Waals surface area (Å²) in [5, 5.41) is 9.16. The second-order valence-corrected chi connectivity index (χ2v) is 7.47. The van der Waals surface area contributed by atoms with Gasteiger partial charge >= 0.3 is 12.0 Å². The van der Waals surface area contributed by atoms with E-state index in [0.29, 0.717) is 35.4 Å². The van der Waals surface area contributed by atoms with Gasteiger partial charge in [-0.05, 0) is 37.5 Å². The molecular weight excluding hydrogens is 374 g/mol. The second-order valence-electron chi connectivity index (χ2n) is 7.47. The molecule has 1 fully saturated rings. The van der Waals surface area contributed by atoms with Gasteiger partial charge in [0.1, 0.15) is 0 Å². The third-order valence-corrected chi connectivity index (χ3v) is 5.55. The van der Waals surface area contributed by atoms with Gasteiger partial charge in [0.25, 0.3) is 0 Å². The summed E-state index contributed by atoms with van der Waals surface area (Å²) < 4.78 is 16.1. The van der Waals surface area contributed by atoms with Gasteiger partial charge in [-0.2, -0.15) is 0 Å². The molecular formula is C21H27N3O5. The average Bonchev–Trinajstić information content (AvgIpc) is 3.20. The fourth-order valence-corrected chi connectivity index (χ4v) is 4.10. The first-order valence-corrected chi connectivity index (χ1v) is 10.3. The third-order valence-electron chi connectivity index (χ3n) is 5.55. The van der Waals surface area contributed by atoms with E-state index >= 15 is 0 Å². The van der Waals surface area contributed by atoms with Crippen molar-refractivity contribution in [2.75, 3.05) is 19.9 Å². The molecule has 2 heterocycles. The van der Waals surface area contributed by atoms with Crippen molar-refractivity contribution in [1.29, 1.82) is 0 Å². The minimum atomic E-state index is -0.625. The quantitative estimate of drug-likeness (QED) is 0.634. The van der Waals surface area contributed by atoms with E-state index in [9.17, 15) is 9.59 Å². The molecule has 1 saturated carbocycles. The van der Waals surface area contributed by atoms with Crippen LogP contribution < -0.4 is 25.4 Å². The van der Waals surface area contributed by atoms with Crippen molar-refractivity contribution < 1.29 is 23.8 Å². The Balaban J connectivity index is 1.64. The molecule has 0 bridgehead atoms. The van der Waals surface area contributed by atoms with Gasteiger partial charge in [-0.3, -0.25) is 0 Å². The molecule has 4 rings (SSSR count). The van der Waals surface area contributed by atoms with Crippen LogP contribution in [0.4, 0.5) is 4.79 Å².